The summed E-state index contributed by atoms with van der Waals surface area (Å²) in [6.45, 7) is 2.11. The SMILES string of the molecule is CNS(=O)(=O)c1ccc(/C=C/C(=O)N[C@H](C)[C@@H]2C[C@H]3CC[C@H]2C3)cc1. The Bertz CT molecular complexity index is 755. The lowest BCUT2D eigenvalue weighted by Crippen LogP contribution is -2.39. The highest BCUT2D eigenvalue weighted by Crippen LogP contribution is 2.49. The zero-order chi connectivity index (χ0) is 18.0. The molecule has 136 valence electrons. The highest BCUT2D eigenvalue weighted by atomic mass is 32.2. The molecule has 0 spiro atoms. The average Bonchev–Trinajstić information content (AvgIpc) is 3.23. The molecule has 2 bridgehead atoms. The number of amides is 1. The predicted octanol–water partition coefficient (Wildman–Crippen LogP) is 2.55. The molecule has 0 aliphatic heterocycles. The van der Waals surface area contributed by atoms with Gasteiger partial charge in [-0.3, -0.25) is 4.79 Å². The summed E-state index contributed by atoms with van der Waals surface area (Å²) in [4.78, 5) is 12.4. The zero-order valence-corrected chi connectivity index (χ0v) is 15.6. The van der Waals surface area contributed by atoms with Crippen molar-refractivity contribution in [3.63, 3.8) is 0 Å². The molecule has 0 heterocycles. The number of hydrogen-bond donors (Lipinski definition) is 2. The molecule has 1 aromatic carbocycles. The molecule has 5 nitrogen and oxygen atoms in total. The van der Waals surface area contributed by atoms with E-state index in [4.69, 9.17) is 0 Å². The molecule has 2 N–H and O–H groups in total. The van der Waals surface area contributed by atoms with Crippen LogP contribution in [0.4, 0.5) is 0 Å². The van der Waals surface area contributed by atoms with Crippen LogP contribution in [-0.4, -0.2) is 27.4 Å². The topological polar surface area (TPSA) is 75.3 Å². The standard InChI is InChI=1S/C19H26N2O3S/c1-13(18-12-15-3-7-16(18)11-15)21-19(22)10-6-14-4-8-17(9-5-14)25(23,24)20-2/h4-6,8-10,13,15-16,18,20H,3,7,11-12H2,1-2H3,(H,21,22)/b10-6+/t13-,15+,16+,18+/m1/s1. The third-order valence-corrected chi connectivity index (χ3v) is 7.12. The number of sulfonamides is 1. The van der Waals surface area contributed by atoms with E-state index < -0.39 is 10.0 Å². The molecule has 2 aliphatic carbocycles. The van der Waals surface area contributed by atoms with Crippen LogP contribution >= 0.6 is 0 Å². The molecule has 2 aliphatic rings. The summed E-state index contributed by atoms with van der Waals surface area (Å²) in [5.41, 5.74) is 0.790. The van der Waals surface area contributed by atoms with Gasteiger partial charge >= 0.3 is 0 Å². The lowest BCUT2D eigenvalue weighted by molar-refractivity contribution is -0.117. The summed E-state index contributed by atoms with van der Waals surface area (Å²) in [5.74, 6) is 2.17. The largest absolute Gasteiger partial charge is 0.350 e. The van der Waals surface area contributed by atoms with Gasteiger partial charge in [0.2, 0.25) is 15.9 Å². The Hall–Kier alpha value is -1.66. The molecule has 2 fully saturated rings. The molecule has 3 rings (SSSR count). The van der Waals surface area contributed by atoms with Crippen LogP contribution < -0.4 is 10.0 Å². The van der Waals surface area contributed by atoms with Crippen molar-refractivity contribution in [3.8, 4) is 0 Å². The molecule has 0 saturated heterocycles. The van der Waals surface area contributed by atoms with E-state index in [9.17, 15) is 13.2 Å². The van der Waals surface area contributed by atoms with Crippen LogP contribution in [0.15, 0.2) is 35.2 Å². The van der Waals surface area contributed by atoms with Gasteiger partial charge in [-0.2, -0.15) is 0 Å². The fourth-order valence-electron chi connectivity index (χ4n) is 4.33. The molecule has 25 heavy (non-hydrogen) atoms. The van der Waals surface area contributed by atoms with Crippen LogP contribution in [0.3, 0.4) is 0 Å². The van der Waals surface area contributed by atoms with Gasteiger partial charge in [-0.05, 0) is 74.8 Å². The van der Waals surface area contributed by atoms with Crippen LogP contribution in [0.2, 0.25) is 0 Å². The molecule has 6 heteroatoms. The van der Waals surface area contributed by atoms with Gasteiger partial charge in [-0.25, -0.2) is 13.1 Å². The molecule has 0 unspecified atom stereocenters. The molecular weight excluding hydrogens is 336 g/mol. The number of hydrogen-bond acceptors (Lipinski definition) is 3. The summed E-state index contributed by atoms with van der Waals surface area (Å²) in [6, 6.07) is 6.64. The van der Waals surface area contributed by atoms with Gasteiger partial charge < -0.3 is 5.32 Å². The number of nitrogens with one attached hydrogen (secondary N) is 2. The summed E-state index contributed by atoms with van der Waals surface area (Å²) >= 11 is 0. The monoisotopic (exact) mass is 362 g/mol. The maximum atomic E-state index is 12.2. The predicted molar refractivity (Wildman–Crippen MR) is 98.3 cm³/mol. The Morgan fingerprint density at radius 3 is 2.48 bits per heavy atom. The minimum Gasteiger partial charge on any atom is -0.350 e. The second-order valence-corrected chi connectivity index (χ2v) is 9.13. The fraction of sp³-hybridized carbons (Fsp3) is 0.526. The highest BCUT2D eigenvalue weighted by Gasteiger charge is 2.41. The highest BCUT2D eigenvalue weighted by molar-refractivity contribution is 7.89. The molecule has 1 amide bonds. The third kappa shape index (κ3) is 4.12. The molecule has 1 aromatic rings. The minimum absolute atomic E-state index is 0.0952. The minimum atomic E-state index is -3.43. The van der Waals surface area contributed by atoms with Crippen molar-refractivity contribution in [2.45, 2.75) is 43.5 Å². The smallest absolute Gasteiger partial charge is 0.244 e. The van der Waals surface area contributed by atoms with Crippen molar-refractivity contribution in [2.75, 3.05) is 7.05 Å². The van der Waals surface area contributed by atoms with E-state index >= 15 is 0 Å². The van der Waals surface area contributed by atoms with E-state index in [0.29, 0.717) is 5.92 Å². The Morgan fingerprint density at radius 1 is 1.20 bits per heavy atom. The molecule has 0 radical (unpaired) electrons. The van der Waals surface area contributed by atoms with E-state index in [1.54, 1.807) is 18.2 Å². The first-order valence-corrected chi connectivity index (χ1v) is 10.4. The van der Waals surface area contributed by atoms with E-state index in [1.807, 2.05) is 0 Å². The van der Waals surface area contributed by atoms with Gasteiger partial charge in [0.15, 0.2) is 0 Å². The maximum Gasteiger partial charge on any atom is 0.244 e. The Labute approximate surface area is 149 Å². The Balaban J connectivity index is 1.55. The molecule has 4 atom stereocenters. The van der Waals surface area contributed by atoms with E-state index in [-0.39, 0.29) is 16.8 Å². The first kappa shape index (κ1) is 18.1. The van der Waals surface area contributed by atoms with Gasteiger partial charge in [0, 0.05) is 12.1 Å². The first-order chi connectivity index (χ1) is 11.9. The van der Waals surface area contributed by atoms with Crippen molar-refractivity contribution in [1.29, 1.82) is 0 Å². The van der Waals surface area contributed by atoms with E-state index in [0.717, 1.165) is 17.4 Å². The number of fused-ring (bicyclic) bond motifs is 2. The fourth-order valence-corrected chi connectivity index (χ4v) is 5.06. The lowest BCUT2D eigenvalue weighted by Gasteiger charge is -2.28. The summed E-state index contributed by atoms with van der Waals surface area (Å²) < 4.78 is 25.7. The number of benzene rings is 1. The normalized spacial score (nSPS) is 26.9. The number of carbonyl (C=O) groups is 1. The van der Waals surface area contributed by atoms with E-state index in [2.05, 4.69) is 17.0 Å². The second kappa shape index (κ2) is 7.30. The van der Waals surface area contributed by atoms with Gasteiger partial charge in [0.25, 0.3) is 0 Å². The zero-order valence-electron chi connectivity index (χ0n) is 14.7. The average molecular weight is 362 g/mol. The lowest BCUT2D eigenvalue weighted by atomic mass is 9.84. The van der Waals surface area contributed by atoms with Crippen molar-refractivity contribution in [3.05, 3.63) is 35.9 Å². The summed E-state index contributed by atoms with van der Waals surface area (Å²) in [5, 5.41) is 3.09. The van der Waals surface area contributed by atoms with Crippen molar-refractivity contribution >= 4 is 22.0 Å². The third-order valence-electron chi connectivity index (χ3n) is 5.69. The van der Waals surface area contributed by atoms with Crippen LogP contribution in [0.1, 0.15) is 38.2 Å². The van der Waals surface area contributed by atoms with Crippen molar-refractivity contribution in [1.82, 2.24) is 10.0 Å². The second-order valence-electron chi connectivity index (χ2n) is 7.25. The van der Waals surface area contributed by atoms with Crippen LogP contribution in [0.25, 0.3) is 6.08 Å². The molecular formula is C19H26N2O3S. The molecule has 2 saturated carbocycles. The maximum absolute atomic E-state index is 12.2. The first-order valence-electron chi connectivity index (χ1n) is 8.91. The number of carbonyl (C=O) groups excluding carboxylic acids is 1. The summed E-state index contributed by atoms with van der Waals surface area (Å²) in [7, 11) is -2.05. The Kier molecular flexibility index (Phi) is 5.29. The van der Waals surface area contributed by atoms with Gasteiger partial charge in [-0.15, -0.1) is 0 Å². The molecule has 0 aromatic heterocycles. The Morgan fingerprint density at radius 2 is 1.92 bits per heavy atom. The van der Waals surface area contributed by atoms with Gasteiger partial charge in [-0.1, -0.05) is 18.6 Å². The quantitative estimate of drug-likeness (QED) is 0.764. The van der Waals surface area contributed by atoms with Crippen molar-refractivity contribution in [2.24, 2.45) is 17.8 Å². The van der Waals surface area contributed by atoms with Crippen molar-refractivity contribution < 1.29 is 13.2 Å². The van der Waals surface area contributed by atoms with E-state index in [1.165, 1.54) is 50.9 Å². The van der Waals surface area contributed by atoms with Gasteiger partial charge in [0.1, 0.15) is 0 Å². The summed E-state index contributed by atoms with van der Waals surface area (Å²) in [6.07, 6.45) is 8.48. The van der Waals surface area contributed by atoms with Crippen LogP contribution in [-0.2, 0) is 14.8 Å². The van der Waals surface area contributed by atoms with Crippen LogP contribution in [0, 0.1) is 17.8 Å². The number of rotatable bonds is 6. The van der Waals surface area contributed by atoms with Gasteiger partial charge in [0.05, 0.1) is 4.90 Å². The van der Waals surface area contributed by atoms with Crippen LogP contribution in [0.5, 0.6) is 0 Å².